The van der Waals surface area contributed by atoms with Gasteiger partial charge in [0, 0.05) is 11.5 Å². The van der Waals surface area contributed by atoms with E-state index in [4.69, 9.17) is 0 Å². The molecule has 0 unspecified atom stereocenters. The maximum atomic E-state index is 11.7. The van der Waals surface area contributed by atoms with Crippen molar-refractivity contribution < 1.29 is 4.79 Å². The zero-order valence-corrected chi connectivity index (χ0v) is 10.1. The topological polar surface area (TPSA) is 32.7 Å². The van der Waals surface area contributed by atoms with E-state index in [2.05, 4.69) is 5.10 Å². The van der Waals surface area contributed by atoms with E-state index < -0.39 is 0 Å². The molecule has 1 aliphatic heterocycles. The summed E-state index contributed by atoms with van der Waals surface area (Å²) in [6, 6.07) is 9.87. The third kappa shape index (κ3) is 2.27. The van der Waals surface area contributed by atoms with Crippen molar-refractivity contribution in [3.63, 3.8) is 0 Å². The molecule has 2 rings (SSSR count). The second-order valence-corrected chi connectivity index (χ2v) is 4.67. The number of hydrogen-bond acceptors (Lipinski definition) is 3. The molecule has 1 aliphatic rings. The van der Waals surface area contributed by atoms with Crippen LogP contribution in [0.25, 0.3) is 0 Å². The minimum atomic E-state index is -0.0317. The molecule has 0 aromatic heterocycles. The lowest BCUT2D eigenvalue weighted by molar-refractivity contribution is -0.132. The highest BCUT2D eigenvalue weighted by Crippen LogP contribution is 2.27. The molecule has 0 spiro atoms. The fraction of sp³-hybridized carbons (Fsp3) is 0.250. The fourth-order valence-electron chi connectivity index (χ4n) is 1.32. The van der Waals surface area contributed by atoms with Crippen molar-refractivity contribution in [3.8, 4) is 0 Å². The van der Waals surface area contributed by atoms with Gasteiger partial charge in [0.15, 0.2) is 0 Å². The number of carbonyl (C=O) groups excluding carboxylic acids is 1. The lowest BCUT2D eigenvalue weighted by Gasteiger charge is -2.11. The van der Waals surface area contributed by atoms with Crippen molar-refractivity contribution in [1.82, 2.24) is 5.01 Å². The molecule has 1 aromatic rings. The Bertz CT molecular complexity index is 414. The summed E-state index contributed by atoms with van der Waals surface area (Å²) in [6.07, 6.45) is 0. The minimum absolute atomic E-state index is 0.0263. The monoisotopic (exact) mass is 233 g/mol. The molecular weight excluding hydrogens is 220 g/mol. The minimum Gasteiger partial charge on any atom is -0.273 e. The van der Waals surface area contributed by atoms with Crippen molar-refractivity contribution in [1.29, 1.82) is 0 Å². The van der Waals surface area contributed by atoms with E-state index in [0.717, 1.165) is 10.6 Å². The SMILES string of the molecule is CC(C)C(=O)N1[CH]SC(c2ccccc2)=N1. The maximum Gasteiger partial charge on any atom is 0.246 e. The number of benzene rings is 1. The van der Waals surface area contributed by atoms with Crippen molar-refractivity contribution in [2.24, 2.45) is 11.0 Å². The van der Waals surface area contributed by atoms with E-state index in [1.165, 1.54) is 16.8 Å². The predicted molar refractivity (Wildman–Crippen MR) is 66.6 cm³/mol. The summed E-state index contributed by atoms with van der Waals surface area (Å²) >= 11 is 1.48. The number of hydrogen-bond donors (Lipinski definition) is 0. The van der Waals surface area contributed by atoms with Gasteiger partial charge in [-0.05, 0) is 0 Å². The van der Waals surface area contributed by atoms with Gasteiger partial charge in [-0.15, -0.1) is 0 Å². The molecule has 1 amide bonds. The van der Waals surface area contributed by atoms with Crippen molar-refractivity contribution >= 4 is 22.7 Å². The van der Waals surface area contributed by atoms with E-state index in [1.807, 2.05) is 44.2 Å². The highest BCUT2D eigenvalue weighted by molar-refractivity contribution is 8.16. The Morgan fingerprint density at radius 2 is 2.00 bits per heavy atom. The van der Waals surface area contributed by atoms with Gasteiger partial charge in [-0.3, -0.25) is 4.79 Å². The number of amides is 1. The van der Waals surface area contributed by atoms with Gasteiger partial charge in [0.2, 0.25) is 5.91 Å². The first-order valence-corrected chi connectivity index (χ1v) is 6.03. The van der Waals surface area contributed by atoms with Crippen LogP contribution in [0.1, 0.15) is 19.4 Å². The lowest BCUT2D eigenvalue weighted by atomic mass is 10.2. The average Bonchev–Trinajstić information content (AvgIpc) is 2.78. The Labute approximate surface area is 99.5 Å². The van der Waals surface area contributed by atoms with Gasteiger partial charge in [-0.2, -0.15) is 5.10 Å². The average molecular weight is 233 g/mol. The summed E-state index contributed by atoms with van der Waals surface area (Å²) < 4.78 is 0. The van der Waals surface area contributed by atoms with Crippen LogP contribution >= 0.6 is 11.8 Å². The molecule has 0 bridgehead atoms. The third-order valence-electron chi connectivity index (χ3n) is 2.20. The fourth-order valence-corrected chi connectivity index (χ4v) is 2.08. The van der Waals surface area contributed by atoms with E-state index >= 15 is 0 Å². The maximum absolute atomic E-state index is 11.7. The summed E-state index contributed by atoms with van der Waals surface area (Å²) in [5.41, 5.74) is 1.04. The quantitative estimate of drug-likeness (QED) is 0.786. The predicted octanol–water partition coefficient (Wildman–Crippen LogP) is 2.70. The number of hydrazone groups is 1. The molecule has 0 aliphatic carbocycles. The van der Waals surface area contributed by atoms with Crippen LogP contribution in [0.4, 0.5) is 0 Å². The third-order valence-corrected chi connectivity index (χ3v) is 3.05. The van der Waals surface area contributed by atoms with Gasteiger partial charge in [0.1, 0.15) is 10.9 Å². The molecular formula is C12H13N2OS. The molecule has 1 aromatic carbocycles. The molecule has 0 N–H and O–H groups in total. The Balaban J connectivity index is 2.16. The Morgan fingerprint density at radius 3 is 2.62 bits per heavy atom. The van der Waals surface area contributed by atoms with Gasteiger partial charge in [-0.25, -0.2) is 5.01 Å². The van der Waals surface area contributed by atoms with Crippen LogP contribution in [0.2, 0.25) is 0 Å². The van der Waals surface area contributed by atoms with Gasteiger partial charge >= 0.3 is 0 Å². The molecule has 3 nitrogen and oxygen atoms in total. The van der Waals surface area contributed by atoms with E-state index in [9.17, 15) is 4.79 Å². The molecule has 0 fully saturated rings. The van der Waals surface area contributed by atoms with Gasteiger partial charge in [0.05, 0.1) is 0 Å². The molecule has 1 heterocycles. The first-order valence-electron chi connectivity index (χ1n) is 5.15. The zero-order chi connectivity index (χ0) is 11.5. The van der Waals surface area contributed by atoms with Crippen molar-refractivity contribution in [3.05, 3.63) is 41.8 Å². The first kappa shape index (κ1) is 11.2. The van der Waals surface area contributed by atoms with Crippen LogP contribution < -0.4 is 0 Å². The largest absolute Gasteiger partial charge is 0.273 e. The normalized spacial score (nSPS) is 15.4. The van der Waals surface area contributed by atoms with E-state index in [1.54, 1.807) is 5.88 Å². The van der Waals surface area contributed by atoms with Crippen molar-refractivity contribution in [2.75, 3.05) is 0 Å². The smallest absolute Gasteiger partial charge is 0.246 e. The molecule has 1 radical (unpaired) electrons. The summed E-state index contributed by atoms with van der Waals surface area (Å²) in [5.74, 6) is 1.75. The summed E-state index contributed by atoms with van der Waals surface area (Å²) in [4.78, 5) is 11.7. The number of thioether (sulfide) groups is 1. The summed E-state index contributed by atoms with van der Waals surface area (Å²) in [6.45, 7) is 3.74. The molecule has 16 heavy (non-hydrogen) atoms. The van der Waals surface area contributed by atoms with Crippen LogP contribution in [-0.4, -0.2) is 16.0 Å². The van der Waals surface area contributed by atoms with E-state index in [0.29, 0.717) is 0 Å². The molecule has 4 heteroatoms. The molecule has 0 saturated carbocycles. The first-order chi connectivity index (χ1) is 7.68. The van der Waals surface area contributed by atoms with Crippen LogP contribution in [0.5, 0.6) is 0 Å². The van der Waals surface area contributed by atoms with E-state index in [-0.39, 0.29) is 11.8 Å². The Morgan fingerprint density at radius 1 is 1.31 bits per heavy atom. The second kappa shape index (κ2) is 4.70. The van der Waals surface area contributed by atoms with Crippen LogP contribution in [0.15, 0.2) is 35.4 Å². The molecule has 83 valence electrons. The zero-order valence-electron chi connectivity index (χ0n) is 9.25. The molecule has 0 saturated heterocycles. The number of rotatable bonds is 2. The molecule has 0 atom stereocenters. The summed E-state index contributed by atoms with van der Waals surface area (Å²) in [5, 5.41) is 6.59. The van der Waals surface area contributed by atoms with Gasteiger partial charge < -0.3 is 0 Å². The van der Waals surface area contributed by atoms with Crippen molar-refractivity contribution in [2.45, 2.75) is 13.8 Å². The Kier molecular flexibility index (Phi) is 3.29. The standard InChI is InChI=1S/C12H13N2OS/c1-9(2)12(15)14-8-16-11(13-14)10-6-4-3-5-7-10/h3-9H,1-2H3. The van der Waals surface area contributed by atoms with Crippen LogP contribution in [0, 0.1) is 11.8 Å². The second-order valence-electron chi connectivity index (χ2n) is 3.83. The summed E-state index contributed by atoms with van der Waals surface area (Å²) in [7, 11) is 0. The highest BCUT2D eigenvalue weighted by atomic mass is 32.2. The Hall–Kier alpha value is -1.29. The lowest BCUT2D eigenvalue weighted by Crippen LogP contribution is -2.24. The number of carbonyl (C=O) groups is 1. The van der Waals surface area contributed by atoms with Crippen LogP contribution in [0.3, 0.4) is 0 Å². The highest BCUT2D eigenvalue weighted by Gasteiger charge is 2.24. The van der Waals surface area contributed by atoms with Gasteiger partial charge in [0.25, 0.3) is 0 Å². The van der Waals surface area contributed by atoms with Crippen LogP contribution in [-0.2, 0) is 4.79 Å². The van der Waals surface area contributed by atoms with Gasteiger partial charge in [-0.1, -0.05) is 55.9 Å². The number of nitrogens with zero attached hydrogens (tertiary/aromatic N) is 2.